The summed E-state index contributed by atoms with van der Waals surface area (Å²) in [5.74, 6) is -0.379. The van der Waals surface area contributed by atoms with Crippen LogP contribution < -0.4 is 10.6 Å². The summed E-state index contributed by atoms with van der Waals surface area (Å²) < 4.78 is 0. The lowest BCUT2D eigenvalue weighted by Crippen LogP contribution is -2.60. The fourth-order valence-electron chi connectivity index (χ4n) is 2.16. The van der Waals surface area contributed by atoms with Crippen molar-refractivity contribution in [2.24, 2.45) is 0 Å². The van der Waals surface area contributed by atoms with Crippen molar-refractivity contribution >= 4 is 23.4 Å². The highest BCUT2D eigenvalue weighted by molar-refractivity contribution is 5.99. The van der Waals surface area contributed by atoms with Gasteiger partial charge in [-0.25, -0.2) is 0 Å². The van der Waals surface area contributed by atoms with Gasteiger partial charge in [0.2, 0.25) is 11.8 Å². The van der Waals surface area contributed by atoms with E-state index in [4.69, 9.17) is 0 Å². The van der Waals surface area contributed by atoms with E-state index in [1.807, 2.05) is 6.92 Å². The van der Waals surface area contributed by atoms with Gasteiger partial charge in [0, 0.05) is 30.8 Å². The van der Waals surface area contributed by atoms with Crippen molar-refractivity contribution in [3.05, 3.63) is 42.5 Å². The van der Waals surface area contributed by atoms with Gasteiger partial charge in [-0.2, -0.15) is 0 Å². The number of nitrogens with one attached hydrogen (secondary N) is 2. The van der Waals surface area contributed by atoms with Crippen molar-refractivity contribution in [2.75, 3.05) is 18.4 Å². The summed E-state index contributed by atoms with van der Waals surface area (Å²) in [6, 6.07) is 6.60. The largest absolute Gasteiger partial charge is 0.346 e. The Labute approximate surface area is 129 Å². The van der Waals surface area contributed by atoms with Crippen LogP contribution >= 0.6 is 0 Å². The molecule has 0 unspecified atom stereocenters. The molecule has 1 aliphatic rings. The molecule has 0 bridgehead atoms. The Hall–Kier alpha value is -2.63. The molecule has 0 aliphatic carbocycles. The van der Waals surface area contributed by atoms with Crippen LogP contribution in [-0.2, 0) is 9.59 Å². The van der Waals surface area contributed by atoms with Crippen LogP contribution in [-0.4, -0.2) is 41.8 Å². The zero-order valence-corrected chi connectivity index (χ0v) is 12.5. The van der Waals surface area contributed by atoms with Crippen molar-refractivity contribution in [3.8, 4) is 0 Å². The third-order valence-corrected chi connectivity index (χ3v) is 3.47. The van der Waals surface area contributed by atoms with Crippen LogP contribution in [0.5, 0.6) is 0 Å². The van der Waals surface area contributed by atoms with E-state index in [1.54, 1.807) is 29.2 Å². The number of amides is 3. The maximum Gasteiger partial charge on any atom is 0.251 e. The molecule has 1 aromatic rings. The number of nitrogens with zero attached hydrogens (tertiary/aromatic N) is 1. The number of carbonyl (C=O) groups is 3. The first-order chi connectivity index (χ1) is 10.5. The highest BCUT2D eigenvalue weighted by Gasteiger charge is 2.30. The van der Waals surface area contributed by atoms with Gasteiger partial charge in [0.25, 0.3) is 5.91 Å². The van der Waals surface area contributed by atoms with Gasteiger partial charge in [-0.15, -0.1) is 0 Å². The number of rotatable bonds is 5. The zero-order chi connectivity index (χ0) is 16.1. The molecule has 0 spiro atoms. The Morgan fingerprint density at radius 3 is 2.45 bits per heavy atom. The van der Waals surface area contributed by atoms with Gasteiger partial charge >= 0.3 is 0 Å². The predicted molar refractivity (Wildman–Crippen MR) is 83.4 cm³/mol. The van der Waals surface area contributed by atoms with E-state index in [0.717, 1.165) is 0 Å². The highest BCUT2D eigenvalue weighted by atomic mass is 16.2. The second-order valence-electron chi connectivity index (χ2n) is 5.09. The molecule has 0 aromatic heterocycles. The first kappa shape index (κ1) is 15.8. The molecule has 1 aromatic carbocycles. The van der Waals surface area contributed by atoms with E-state index in [-0.39, 0.29) is 23.8 Å². The fourth-order valence-corrected chi connectivity index (χ4v) is 2.16. The summed E-state index contributed by atoms with van der Waals surface area (Å²) >= 11 is 0. The van der Waals surface area contributed by atoms with Gasteiger partial charge in [0.15, 0.2) is 0 Å². The molecular weight excluding hydrogens is 282 g/mol. The molecule has 0 saturated carbocycles. The van der Waals surface area contributed by atoms with Crippen LogP contribution in [0.1, 0.15) is 23.7 Å². The van der Waals surface area contributed by atoms with E-state index in [0.29, 0.717) is 30.8 Å². The van der Waals surface area contributed by atoms with Crippen LogP contribution in [0.15, 0.2) is 36.9 Å². The van der Waals surface area contributed by atoms with Gasteiger partial charge in [0.05, 0.1) is 6.04 Å². The molecule has 1 aliphatic heterocycles. The summed E-state index contributed by atoms with van der Waals surface area (Å²) in [6.07, 6.45) is 1.67. The van der Waals surface area contributed by atoms with Crippen LogP contribution in [0.4, 0.5) is 5.69 Å². The van der Waals surface area contributed by atoms with E-state index >= 15 is 0 Å². The highest BCUT2D eigenvalue weighted by Crippen LogP contribution is 2.12. The molecule has 0 radical (unpaired) electrons. The van der Waals surface area contributed by atoms with Crippen LogP contribution in [0.3, 0.4) is 0 Å². The lowest BCUT2D eigenvalue weighted by atomic mass is 10.1. The molecule has 1 heterocycles. The SMILES string of the molecule is C=CC(=O)Nc1ccc(C(=O)NC2CN(C(=O)CC)C2)cc1. The van der Waals surface area contributed by atoms with Gasteiger partial charge < -0.3 is 15.5 Å². The minimum Gasteiger partial charge on any atom is -0.346 e. The molecular formula is C16H19N3O3. The van der Waals surface area contributed by atoms with Crippen LogP contribution in [0, 0.1) is 0 Å². The Bertz CT molecular complexity index is 589. The predicted octanol–water partition coefficient (Wildman–Crippen LogP) is 1.16. The molecule has 1 fully saturated rings. The van der Waals surface area contributed by atoms with Crippen LogP contribution in [0.25, 0.3) is 0 Å². The van der Waals surface area contributed by atoms with E-state index in [2.05, 4.69) is 17.2 Å². The van der Waals surface area contributed by atoms with Crippen molar-refractivity contribution in [1.82, 2.24) is 10.2 Å². The van der Waals surface area contributed by atoms with Gasteiger partial charge in [-0.1, -0.05) is 13.5 Å². The van der Waals surface area contributed by atoms with Gasteiger partial charge in [0.1, 0.15) is 0 Å². The van der Waals surface area contributed by atoms with Crippen molar-refractivity contribution in [2.45, 2.75) is 19.4 Å². The van der Waals surface area contributed by atoms with Crippen molar-refractivity contribution in [3.63, 3.8) is 0 Å². The summed E-state index contributed by atoms with van der Waals surface area (Å²) in [7, 11) is 0. The Morgan fingerprint density at radius 1 is 1.27 bits per heavy atom. The fraction of sp³-hybridized carbons (Fsp3) is 0.312. The molecule has 0 atom stereocenters. The van der Waals surface area contributed by atoms with E-state index in [1.165, 1.54) is 6.08 Å². The lowest BCUT2D eigenvalue weighted by molar-refractivity contribution is -0.135. The third-order valence-electron chi connectivity index (χ3n) is 3.47. The lowest BCUT2D eigenvalue weighted by Gasteiger charge is -2.39. The van der Waals surface area contributed by atoms with Crippen LogP contribution in [0.2, 0.25) is 0 Å². The maximum atomic E-state index is 12.1. The molecule has 22 heavy (non-hydrogen) atoms. The number of anilines is 1. The van der Waals surface area contributed by atoms with Gasteiger partial charge in [-0.3, -0.25) is 14.4 Å². The molecule has 2 N–H and O–H groups in total. The first-order valence-electron chi connectivity index (χ1n) is 7.15. The topological polar surface area (TPSA) is 78.5 Å². The molecule has 116 valence electrons. The Kier molecular flexibility index (Phi) is 4.93. The quantitative estimate of drug-likeness (QED) is 0.801. The average molecular weight is 301 g/mol. The smallest absolute Gasteiger partial charge is 0.251 e. The Balaban J connectivity index is 1.85. The average Bonchev–Trinajstić information content (AvgIpc) is 2.50. The summed E-state index contributed by atoms with van der Waals surface area (Å²) in [6.45, 7) is 6.31. The molecule has 6 nitrogen and oxygen atoms in total. The monoisotopic (exact) mass is 301 g/mol. The number of likely N-dealkylation sites (tertiary alicyclic amines) is 1. The summed E-state index contributed by atoms with van der Waals surface area (Å²) in [5.41, 5.74) is 1.11. The molecule has 2 rings (SSSR count). The number of hydrogen-bond donors (Lipinski definition) is 2. The standard InChI is InChI=1S/C16H19N3O3/c1-3-14(20)17-12-7-5-11(6-8-12)16(22)18-13-9-19(10-13)15(21)4-2/h3,5-8,13H,1,4,9-10H2,2H3,(H,17,20)(H,18,22). The molecule has 6 heteroatoms. The van der Waals surface area contributed by atoms with Gasteiger partial charge in [-0.05, 0) is 30.3 Å². The second kappa shape index (κ2) is 6.89. The van der Waals surface area contributed by atoms with E-state index < -0.39 is 0 Å². The van der Waals surface area contributed by atoms with E-state index in [9.17, 15) is 14.4 Å². The number of carbonyl (C=O) groups excluding carboxylic acids is 3. The van der Waals surface area contributed by atoms with Crippen molar-refractivity contribution in [1.29, 1.82) is 0 Å². The minimum atomic E-state index is -0.299. The maximum absolute atomic E-state index is 12.1. The zero-order valence-electron chi connectivity index (χ0n) is 12.5. The minimum absolute atomic E-state index is 0.00291. The Morgan fingerprint density at radius 2 is 1.91 bits per heavy atom. The van der Waals surface area contributed by atoms with Crippen molar-refractivity contribution < 1.29 is 14.4 Å². The second-order valence-corrected chi connectivity index (χ2v) is 5.09. The first-order valence-corrected chi connectivity index (χ1v) is 7.15. The molecule has 1 saturated heterocycles. The number of hydrogen-bond acceptors (Lipinski definition) is 3. The summed E-state index contributed by atoms with van der Waals surface area (Å²) in [4.78, 5) is 36.4. The third kappa shape index (κ3) is 3.72. The molecule has 3 amide bonds. The normalized spacial score (nSPS) is 14.0. The summed E-state index contributed by atoms with van der Waals surface area (Å²) in [5, 5.41) is 5.49. The number of benzene rings is 1.